The maximum atomic E-state index is 12.5. The van der Waals surface area contributed by atoms with Gasteiger partial charge < -0.3 is 5.32 Å². The number of aromatic nitrogens is 1. The summed E-state index contributed by atoms with van der Waals surface area (Å²) in [5, 5.41) is 15.2. The van der Waals surface area contributed by atoms with Crippen LogP contribution in [0.3, 0.4) is 0 Å². The quantitative estimate of drug-likeness (QED) is 0.541. The number of nitriles is 1. The van der Waals surface area contributed by atoms with Gasteiger partial charge in [0.1, 0.15) is 11.1 Å². The fraction of sp³-hybridized carbons (Fsp3) is 0.286. The van der Waals surface area contributed by atoms with Crippen molar-refractivity contribution in [2.45, 2.75) is 30.5 Å². The number of amides is 1. The molecule has 0 saturated carbocycles. The molecule has 1 aliphatic carbocycles. The number of rotatable bonds is 5. The monoisotopic (exact) mass is 425 g/mol. The van der Waals surface area contributed by atoms with Crippen LogP contribution < -0.4 is 5.32 Å². The number of hydrogen-bond donors (Lipinski definition) is 1. The van der Waals surface area contributed by atoms with Gasteiger partial charge in [-0.1, -0.05) is 49.0 Å². The highest BCUT2D eigenvalue weighted by atomic mass is 32.2. The summed E-state index contributed by atoms with van der Waals surface area (Å²) in [7, 11) is 0. The molecule has 1 amide bonds. The second kappa shape index (κ2) is 8.48. The van der Waals surface area contributed by atoms with Crippen molar-refractivity contribution in [1.82, 2.24) is 4.98 Å². The summed E-state index contributed by atoms with van der Waals surface area (Å²) in [4.78, 5) is 18.3. The zero-order valence-electron chi connectivity index (χ0n) is 15.4. The first-order chi connectivity index (χ1) is 13.6. The molecule has 1 aromatic carbocycles. The predicted molar refractivity (Wildman–Crippen MR) is 117 cm³/mol. The van der Waals surface area contributed by atoms with E-state index in [0.29, 0.717) is 16.5 Å². The Hall–Kier alpha value is -2.14. The second-order valence-electron chi connectivity index (χ2n) is 6.87. The number of hydrogen-bond acceptors (Lipinski definition) is 6. The first kappa shape index (κ1) is 19.2. The van der Waals surface area contributed by atoms with Gasteiger partial charge in [-0.25, -0.2) is 4.98 Å². The molecule has 28 heavy (non-hydrogen) atoms. The van der Waals surface area contributed by atoms with Crippen molar-refractivity contribution in [2.75, 3.05) is 11.1 Å². The smallest absolute Gasteiger partial charge is 0.235 e. The maximum absolute atomic E-state index is 12.5. The Bertz CT molecular complexity index is 1030. The normalized spacial score (nSPS) is 15.6. The van der Waals surface area contributed by atoms with Gasteiger partial charge in [0.05, 0.1) is 17.0 Å². The summed E-state index contributed by atoms with van der Waals surface area (Å²) < 4.78 is 0.869. The Balaban J connectivity index is 1.39. The van der Waals surface area contributed by atoms with E-state index < -0.39 is 0 Å². The first-order valence-electron chi connectivity index (χ1n) is 9.12. The van der Waals surface area contributed by atoms with Crippen molar-refractivity contribution in [3.05, 3.63) is 51.7 Å². The van der Waals surface area contributed by atoms with Gasteiger partial charge in [0.25, 0.3) is 0 Å². The molecular formula is C21H19N3OS3. The summed E-state index contributed by atoms with van der Waals surface area (Å²) in [5.41, 5.74) is 3.80. The maximum Gasteiger partial charge on any atom is 0.235 e. The molecule has 0 bridgehead atoms. The van der Waals surface area contributed by atoms with E-state index in [1.54, 1.807) is 22.7 Å². The molecule has 4 rings (SSSR count). The molecule has 1 aliphatic rings. The third-order valence-corrected chi connectivity index (χ3v) is 7.95. The highest BCUT2D eigenvalue weighted by Gasteiger charge is 2.24. The standard InChI is InChI=1S/C21H19N3OS3/c1-13-7-8-15-16(10-22)20(28-18(15)9-13)24-19(25)12-27-21-23-17(11-26-21)14-5-3-2-4-6-14/h2-6,11,13H,7-9,12H2,1H3,(H,24,25). The number of nitrogens with zero attached hydrogens (tertiary/aromatic N) is 2. The van der Waals surface area contributed by atoms with Gasteiger partial charge in [0.2, 0.25) is 5.91 Å². The lowest BCUT2D eigenvalue weighted by Gasteiger charge is -2.17. The van der Waals surface area contributed by atoms with Crippen LogP contribution in [0.25, 0.3) is 11.3 Å². The fourth-order valence-corrected chi connectivity index (χ4v) is 6.32. The number of thiazole rings is 1. The van der Waals surface area contributed by atoms with Gasteiger partial charge in [0, 0.05) is 15.8 Å². The van der Waals surface area contributed by atoms with E-state index in [1.807, 2.05) is 35.7 Å². The van der Waals surface area contributed by atoms with Crippen LogP contribution in [0.4, 0.5) is 5.00 Å². The minimum atomic E-state index is -0.0930. The van der Waals surface area contributed by atoms with Crippen LogP contribution in [0.1, 0.15) is 29.3 Å². The molecule has 3 aromatic rings. The highest BCUT2D eigenvalue weighted by Crippen LogP contribution is 2.39. The molecular weight excluding hydrogens is 406 g/mol. The molecule has 1 N–H and O–H groups in total. The third kappa shape index (κ3) is 4.14. The molecule has 0 saturated heterocycles. The average molecular weight is 426 g/mol. The van der Waals surface area contributed by atoms with Gasteiger partial charge >= 0.3 is 0 Å². The summed E-state index contributed by atoms with van der Waals surface area (Å²) in [6.07, 6.45) is 3.04. The van der Waals surface area contributed by atoms with Gasteiger partial charge in [-0.2, -0.15) is 5.26 Å². The number of benzene rings is 1. The van der Waals surface area contributed by atoms with E-state index >= 15 is 0 Å². The van der Waals surface area contributed by atoms with Crippen LogP contribution in [0.5, 0.6) is 0 Å². The Labute approximate surface area is 176 Å². The van der Waals surface area contributed by atoms with Crippen LogP contribution in [-0.2, 0) is 17.6 Å². The summed E-state index contributed by atoms with van der Waals surface area (Å²) >= 11 is 4.54. The van der Waals surface area contributed by atoms with Crippen LogP contribution in [-0.4, -0.2) is 16.6 Å². The van der Waals surface area contributed by atoms with E-state index in [4.69, 9.17) is 0 Å². The number of thioether (sulfide) groups is 1. The lowest BCUT2D eigenvalue weighted by Crippen LogP contribution is -2.14. The van der Waals surface area contributed by atoms with Gasteiger partial charge in [-0.05, 0) is 30.7 Å². The Kier molecular flexibility index (Phi) is 5.81. The fourth-order valence-electron chi connectivity index (χ4n) is 3.31. The van der Waals surface area contributed by atoms with Crippen LogP contribution >= 0.6 is 34.4 Å². The number of anilines is 1. The minimum Gasteiger partial charge on any atom is -0.316 e. The molecule has 1 unspecified atom stereocenters. The molecule has 4 nitrogen and oxygen atoms in total. The lowest BCUT2D eigenvalue weighted by molar-refractivity contribution is -0.113. The Morgan fingerprint density at radius 3 is 3.00 bits per heavy atom. The van der Waals surface area contributed by atoms with Crippen molar-refractivity contribution in [3.8, 4) is 17.3 Å². The Morgan fingerprint density at radius 2 is 2.21 bits per heavy atom. The van der Waals surface area contributed by atoms with E-state index in [-0.39, 0.29) is 11.7 Å². The predicted octanol–water partition coefficient (Wildman–Crippen LogP) is 5.60. The molecule has 1 atom stereocenters. The van der Waals surface area contributed by atoms with Crippen LogP contribution in [0.15, 0.2) is 40.1 Å². The SMILES string of the molecule is CC1CCc2c(sc(NC(=O)CSc3nc(-c4ccccc4)cs3)c2C#N)C1. The lowest BCUT2D eigenvalue weighted by atomic mass is 9.89. The van der Waals surface area contributed by atoms with Crippen molar-refractivity contribution >= 4 is 45.3 Å². The van der Waals surface area contributed by atoms with E-state index in [9.17, 15) is 10.1 Å². The number of carbonyl (C=O) groups excluding carboxylic acids is 1. The molecule has 0 aliphatic heterocycles. The zero-order chi connectivity index (χ0) is 19.5. The molecule has 0 spiro atoms. The van der Waals surface area contributed by atoms with Gasteiger partial charge in [0.15, 0.2) is 4.34 Å². The minimum absolute atomic E-state index is 0.0930. The summed E-state index contributed by atoms with van der Waals surface area (Å²) in [6, 6.07) is 12.3. The highest BCUT2D eigenvalue weighted by molar-refractivity contribution is 8.01. The van der Waals surface area contributed by atoms with Crippen LogP contribution in [0.2, 0.25) is 0 Å². The van der Waals surface area contributed by atoms with E-state index in [2.05, 4.69) is 23.3 Å². The van der Waals surface area contributed by atoms with Gasteiger partial charge in [-0.3, -0.25) is 4.79 Å². The van der Waals surface area contributed by atoms with E-state index in [1.165, 1.54) is 16.6 Å². The average Bonchev–Trinajstić information content (AvgIpc) is 3.31. The number of carbonyl (C=O) groups is 1. The number of thiophene rings is 1. The molecule has 0 fully saturated rings. The van der Waals surface area contributed by atoms with Crippen molar-refractivity contribution in [2.24, 2.45) is 5.92 Å². The zero-order valence-corrected chi connectivity index (χ0v) is 17.8. The first-order valence-corrected chi connectivity index (χ1v) is 11.8. The van der Waals surface area contributed by atoms with Crippen molar-refractivity contribution in [1.29, 1.82) is 5.26 Å². The van der Waals surface area contributed by atoms with Crippen molar-refractivity contribution in [3.63, 3.8) is 0 Å². The van der Waals surface area contributed by atoms with E-state index in [0.717, 1.165) is 40.4 Å². The largest absolute Gasteiger partial charge is 0.316 e. The summed E-state index contributed by atoms with van der Waals surface area (Å²) in [6.45, 7) is 2.24. The Morgan fingerprint density at radius 1 is 1.39 bits per heavy atom. The number of nitrogens with one attached hydrogen (secondary N) is 1. The number of fused-ring (bicyclic) bond motifs is 1. The van der Waals surface area contributed by atoms with Gasteiger partial charge in [-0.15, -0.1) is 22.7 Å². The second-order valence-corrected chi connectivity index (χ2v) is 10.1. The molecule has 0 radical (unpaired) electrons. The molecule has 2 heterocycles. The third-order valence-electron chi connectivity index (χ3n) is 4.76. The molecule has 7 heteroatoms. The molecule has 142 valence electrons. The topological polar surface area (TPSA) is 65.8 Å². The summed E-state index contributed by atoms with van der Waals surface area (Å²) in [5.74, 6) is 0.830. The van der Waals surface area contributed by atoms with Crippen LogP contribution in [0, 0.1) is 17.2 Å². The molecule has 2 aromatic heterocycles. The van der Waals surface area contributed by atoms with Crippen molar-refractivity contribution < 1.29 is 4.79 Å².